The number of rotatable bonds is 10. The van der Waals surface area contributed by atoms with Gasteiger partial charge >= 0.3 is 5.63 Å². The van der Waals surface area contributed by atoms with Gasteiger partial charge in [-0.1, -0.05) is 43.9 Å². The molecule has 0 spiro atoms. The zero-order valence-corrected chi connectivity index (χ0v) is 27.6. The average molecular weight is 745 g/mol. The summed E-state index contributed by atoms with van der Waals surface area (Å²) < 4.78 is 17.9. The Hall–Kier alpha value is -3.75. The third-order valence-corrected chi connectivity index (χ3v) is 9.34. The van der Waals surface area contributed by atoms with Crippen molar-refractivity contribution >= 4 is 51.7 Å². The van der Waals surface area contributed by atoms with Crippen molar-refractivity contribution < 1.29 is 38.5 Å². The molecule has 3 N–H and O–H groups in total. The van der Waals surface area contributed by atoms with E-state index in [1.165, 1.54) is 25.3 Å². The van der Waals surface area contributed by atoms with Crippen molar-refractivity contribution in [2.75, 3.05) is 20.3 Å². The fourth-order valence-corrected chi connectivity index (χ4v) is 7.03. The number of aliphatic hydroxyl groups excluding tert-OH is 2. The highest BCUT2D eigenvalue weighted by Crippen LogP contribution is 2.38. The van der Waals surface area contributed by atoms with E-state index >= 15 is 0 Å². The summed E-state index contributed by atoms with van der Waals surface area (Å²) in [7, 11) is 1.43. The van der Waals surface area contributed by atoms with Gasteiger partial charge in [0, 0.05) is 35.5 Å². The van der Waals surface area contributed by atoms with Gasteiger partial charge in [-0.3, -0.25) is 14.4 Å². The van der Waals surface area contributed by atoms with Crippen molar-refractivity contribution in [1.82, 2.24) is 10.2 Å². The lowest BCUT2D eigenvalue weighted by Gasteiger charge is -2.44. The number of ether oxygens (including phenoxy) is 2. The van der Waals surface area contributed by atoms with E-state index in [9.17, 15) is 29.4 Å². The van der Waals surface area contributed by atoms with E-state index in [1.54, 1.807) is 35.2 Å². The summed E-state index contributed by atoms with van der Waals surface area (Å²) in [6, 6.07) is 10.3. The predicted molar refractivity (Wildman–Crippen MR) is 178 cm³/mol. The highest BCUT2D eigenvalue weighted by Gasteiger charge is 2.44. The number of aliphatic hydroxyl groups is 2. The number of methoxy groups -OCH3 is 1. The van der Waals surface area contributed by atoms with Crippen LogP contribution in [0.5, 0.6) is 11.5 Å². The van der Waals surface area contributed by atoms with Crippen molar-refractivity contribution in [3.05, 3.63) is 79.2 Å². The van der Waals surface area contributed by atoms with Gasteiger partial charge in [0.2, 0.25) is 5.91 Å². The first-order valence-electron chi connectivity index (χ1n) is 15.4. The smallest absolute Gasteiger partial charge is 0.349 e. The second-order valence-corrected chi connectivity index (χ2v) is 12.7. The van der Waals surface area contributed by atoms with Gasteiger partial charge in [0.15, 0.2) is 11.5 Å². The van der Waals surface area contributed by atoms with Crippen LogP contribution < -0.4 is 20.4 Å². The molecule has 12 heteroatoms. The van der Waals surface area contributed by atoms with Crippen molar-refractivity contribution in [2.45, 2.75) is 69.2 Å². The van der Waals surface area contributed by atoms with Crippen LogP contribution in [0.15, 0.2) is 63.3 Å². The van der Waals surface area contributed by atoms with Crippen LogP contribution in [-0.2, 0) is 4.79 Å². The molecule has 0 unspecified atom stereocenters. The molecule has 0 saturated heterocycles. The van der Waals surface area contributed by atoms with Crippen LogP contribution in [0.1, 0.15) is 65.7 Å². The minimum absolute atomic E-state index is 0.0111. The molecule has 2 aliphatic carbocycles. The first kappa shape index (κ1) is 33.6. The molecule has 2 aromatic carbocycles. The van der Waals surface area contributed by atoms with Gasteiger partial charge in [-0.25, -0.2) is 4.79 Å². The second-order valence-electron chi connectivity index (χ2n) is 11.5. The molecule has 3 aromatic rings. The maximum Gasteiger partial charge on any atom is 0.349 e. The SMILES string of the molecule is COc1cc(C=O)cc(I)c1O[C@H]1C=C(C(=O)NCCO)C[C@@H](N(C(=O)c2cc3ccccc3oc2=O)C2CCCCCC2)[C@@H]1O. The molecule has 11 nitrogen and oxygen atoms in total. The Balaban J connectivity index is 1.60. The topological polar surface area (TPSA) is 156 Å². The molecule has 5 rings (SSSR count). The van der Waals surface area contributed by atoms with Crippen LogP contribution in [0.25, 0.3) is 11.0 Å². The summed E-state index contributed by atoms with van der Waals surface area (Å²) in [5, 5.41) is 24.6. The van der Waals surface area contributed by atoms with Crippen LogP contribution >= 0.6 is 22.6 Å². The van der Waals surface area contributed by atoms with E-state index in [0.29, 0.717) is 39.2 Å². The fraction of sp³-hybridized carbons (Fsp3) is 0.412. The summed E-state index contributed by atoms with van der Waals surface area (Å²) in [5.74, 6) is -0.550. The van der Waals surface area contributed by atoms with E-state index in [-0.39, 0.29) is 48.2 Å². The number of carbonyl (C=O) groups excluding carboxylic acids is 3. The molecule has 244 valence electrons. The number of nitrogens with one attached hydrogen (secondary N) is 1. The lowest BCUT2D eigenvalue weighted by atomic mass is 9.86. The molecule has 2 aliphatic rings. The number of carbonyl (C=O) groups is 3. The molecule has 2 amide bonds. The van der Waals surface area contributed by atoms with Gasteiger partial charge in [0.1, 0.15) is 29.6 Å². The zero-order chi connectivity index (χ0) is 32.8. The molecule has 0 aliphatic heterocycles. The number of nitrogens with zero attached hydrogens (tertiary/aromatic N) is 1. The number of para-hydroxylation sites is 1. The van der Waals surface area contributed by atoms with Crippen molar-refractivity contribution in [1.29, 1.82) is 0 Å². The van der Waals surface area contributed by atoms with E-state index in [0.717, 1.165) is 25.7 Å². The van der Waals surface area contributed by atoms with Crippen molar-refractivity contribution in [3.63, 3.8) is 0 Å². The molecule has 1 aromatic heterocycles. The summed E-state index contributed by atoms with van der Waals surface area (Å²) >= 11 is 2.00. The molecule has 0 radical (unpaired) electrons. The van der Waals surface area contributed by atoms with E-state index in [4.69, 9.17) is 13.9 Å². The van der Waals surface area contributed by atoms with Crippen molar-refractivity contribution in [2.24, 2.45) is 0 Å². The quantitative estimate of drug-likeness (QED) is 0.121. The molecule has 1 saturated carbocycles. The number of benzene rings is 2. The minimum Gasteiger partial charge on any atom is -0.493 e. The number of hydrogen-bond donors (Lipinski definition) is 3. The number of halogens is 1. The number of fused-ring (bicyclic) bond motifs is 1. The lowest BCUT2D eigenvalue weighted by Crippen LogP contribution is -2.58. The van der Waals surface area contributed by atoms with E-state index in [2.05, 4.69) is 5.32 Å². The van der Waals surface area contributed by atoms with Crippen LogP contribution in [0.2, 0.25) is 0 Å². The van der Waals surface area contributed by atoms with Gasteiger partial charge in [0.25, 0.3) is 5.91 Å². The highest BCUT2D eigenvalue weighted by molar-refractivity contribution is 14.1. The average Bonchev–Trinajstić information content (AvgIpc) is 3.34. The van der Waals surface area contributed by atoms with Gasteiger partial charge in [-0.2, -0.15) is 0 Å². The molecule has 1 fully saturated rings. The van der Waals surface area contributed by atoms with Gasteiger partial charge in [-0.15, -0.1) is 0 Å². The van der Waals surface area contributed by atoms with E-state index < -0.39 is 35.7 Å². The minimum atomic E-state index is -1.32. The monoisotopic (exact) mass is 744 g/mol. The van der Waals surface area contributed by atoms with Crippen LogP contribution in [0, 0.1) is 3.57 Å². The number of amides is 2. The van der Waals surface area contributed by atoms with Crippen molar-refractivity contribution in [3.8, 4) is 11.5 Å². The first-order valence-corrected chi connectivity index (χ1v) is 16.5. The molecule has 3 atom stereocenters. The van der Waals surface area contributed by atoms with E-state index in [1.807, 2.05) is 22.6 Å². The summed E-state index contributed by atoms with van der Waals surface area (Å²) in [6.07, 6.45) is 4.79. The van der Waals surface area contributed by atoms with Crippen LogP contribution in [0.4, 0.5) is 0 Å². The van der Waals surface area contributed by atoms with Gasteiger partial charge in [0.05, 0.1) is 23.3 Å². The Labute approximate surface area is 279 Å². The maximum atomic E-state index is 14.5. The Morgan fingerprint density at radius 2 is 1.87 bits per heavy atom. The Morgan fingerprint density at radius 3 is 2.57 bits per heavy atom. The fourth-order valence-electron chi connectivity index (χ4n) is 6.28. The van der Waals surface area contributed by atoms with Gasteiger partial charge in [-0.05, 0) is 65.8 Å². The standard InChI is InChI=1S/C34H37IN2O9/c1-44-29-15-20(19-39)14-25(35)31(29)45-28-18-22(32(41)36-12-13-38)17-26(30(28)40)37(23-9-4-2-3-5-10-23)33(42)24-16-21-8-6-7-11-27(21)46-34(24)43/h6-8,11,14-16,18-19,23,26,28,30,38,40H,2-5,9-10,12-13,17H2,1H3,(H,36,41)/t26-,28+,30+/m1/s1. The summed E-state index contributed by atoms with van der Waals surface area (Å²) in [5.41, 5.74) is 0.0329. The Bertz CT molecular complexity index is 1680. The Morgan fingerprint density at radius 1 is 1.13 bits per heavy atom. The zero-order valence-electron chi connectivity index (χ0n) is 25.4. The normalized spacial score (nSPS) is 20.3. The van der Waals surface area contributed by atoms with Gasteiger partial charge < -0.3 is 34.3 Å². The third-order valence-electron chi connectivity index (χ3n) is 8.54. The Kier molecular flexibility index (Phi) is 11.1. The summed E-state index contributed by atoms with van der Waals surface area (Å²) in [6.45, 7) is -0.259. The molecule has 1 heterocycles. The maximum absolute atomic E-state index is 14.5. The van der Waals surface area contributed by atoms with Crippen LogP contribution in [-0.4, -0.2) is 77.8 Å². The highest BCUT2D eigenvalue weighted by atomic mass is 127. The molecular weight excluding hydrogens is 707 g/mol. The lowest BCUT2D eigenvalue weighted by molar-refractivity contribution is -0.118. The van der Waals surface area contributed by atoms with Crippen LogP contribution in [0.3, 0.4) is 0 Å². The number of hydrogen-bond acceptors (Lipinski definition) is 9. The molecular formula is C34H37IN2O9. The molecule has 0 bridgehead atoms. The predicted octanol–water partition coefficient (Wildman–Crippen LogP) is 4.00. The first-order chi connectivity index (χ1) is 22.2. The number of aldehydes is 1. The summed E-state index contributed by atoms with van der Waals surface area (Å²) in [4.78, 5) is 54.1. The third kappa shape index (κ3) is 7.29. The largest absolute Gasteiger partial charge is 0.493 e. The second kappa shape index (κ2) is 15.2. The molecule has 46 heavy (non-hydrogen) atoms.